The van der Waals surface area contributed by atoms with E-state index in [9.17, 15) is 22.8 Å². The maximum Gasteiger partial charge on any atom is 0.416 e. The van der Waals surface area contributed by atoms with Gasteiger partial charge in [0.2, 0.25) is 11.8 Å². The van der Waals surface area contributed by atoms with E-state index >= 15 is 0 Å². The number of hydrogen-bond acceptors (Lipinski definition) is 3. The third-order valence-electron chi connectivity index (χ3n) is 3.11. The Balaban J connectivity index is 0.00000576. The zero-order chi connectivity index (χ0) is 18.3. The molecule has 25 heavy (non-hydrogen) atoms. The molecule has 1 rings (SSSR count). The molecule has 1 aromatic carbocycles. The first-order chi connectivity index (χ1) is 11.1. The summed E-state index contributed by atoms with van der Waals surface area (Å²) in [6, 6.07) is 3.20. The number of amides is 2. The first-order valence-electron chi connectivity index (χ1n) is 7.59. The van der Waals surface area contributed by atoms with Crippen LogP contribution >= 0.6 is 12.4 Å². The first-order valence-corrected chi connectivity index (χ1v) is 7.59. The molecule has 4 N–H and O–H groups in total. The van der Waals surface area contributed by atoms with Gasteiger partial charge in [0, 0.05) is 31.6 Å². The van der Waals surface area contributed by atoms with E-state index in [4.69, 9.17) is 5.73 Å². The van der Waals surface area contributed by atoms with Gasteiger partial charge in [-0.25, -0.2) is 0 Å². The Kier molecular flexibility index (Phi) is 9.51. The maximum atomic E-state index is 12.8. The lowest BCUT2D eigenvalue weighted by atomic mass is 10.1. The molecule has 9 heteroatoms. The van der Waals surface area contributed by atoms with Crippen molar-refractivity contribution in [3.63, 3.8) is 0 Å². The number of benzene rings is 1. The van der Waals surface area contributed by atoms with Gasteiger partial charge in [-0.15, -0.1) is 12.4 Å². The molecule has 0 aliphatic rings. The second-order valence-electron chi connectivity index (χ2n) is 5.87. The van der Waals surface area contributed by atoms with Gasteiger partial charge in [0.05, 0.1) is 5.56 Å². The topological polar surface area (TPSA) is 84.2 Å². The molecule has 0 aliphatic carbocycles. The Bertz CT molecular complexity index is 592. The predicted octanol–water partition coefficient (Wildman–Crippen LogP) is 3.08. The van der Waals surface area contributed by atoms with E-state index in [0.29, 0.717) is 6.42 Å². The standard InChI is InChI=1S/C16H22F3N3O2.ClH/c1-10(2)5-15(24)21-4-3-14(23)22-13-7-11(9-20)6-12(8-13)16(17,18)19;/h6-8,10H,3-5,9,20H2,1-2H3,(H,21,24)(H,22,23);1H. The summed E-state index contributed by atoms with van der Waals surface area (Å²) >= 11 is 0. The Labute approximate surface area is 150 Å². The van der Waals surface area contributed by atoms with Gasteiger partial charge in [0.15, 0.2) is 0 Å². The molecule has 0 fully saturated rings. The molecular weight excluding hydrogens is 359 g/mol. The van der Waals surface area contributed by atoms with Crippen LogP contribution in [0.15, 0.2) is 18.2 Å². The van der Waals surface area contributed by atoms with Crippen LogP contribution in [0.5, 0.6) is 0 Å². The van der Waals surface area contributed by atoms with Gasteiger partial charge in [-0.2, -0.15) is 13.2 Å². The van der Waals surface area contributed by atoms with Gasteiger partial charge in [0.25, 0.3) is 0 Å². The summed E-state index contributed by atoms with van der Waals surface area (Å²) < 4.78 is 38.4. The highest BCUT2D eigenvalue weighted by Crippen LogP contribution is 2.32. The van der Waals surface area contributed by atoms with Crippen molar-refractivity contribution in [1.29, 1.82) is 0 Å². The van der Waals surface area contributed by atoms with Crippen molar-refractivity contribution in [3.05, 3.63) is 29.3 Å². The van der Waals surface area contributed by atoms with Crippen molar-refractivity contribution in [3.8, 4) is 0 Å². The number of carbonyl (C=O) groups excluding carboxylic acids is 2. The minimum absolute atomic E-state index is 0. The minimum Gasteiger partial charge on any atom is -0.356 e. The number of hydrogen-bond donors (Lipinski definition) is 3. The quantitative estimate of drug-likeness (QED) is 0.678. The molecule has 0 radical (unpaired) electrons. The molecule has 0 saturated carbocycles. The Morgan fingerprint density at radius 3 is 2.32 bits per heavy atom. The van der Waals surface area contributed by atoms with Crippen LogP contribution in [-0.4, -0.2) is 18.4 Å². The molecule has 0 atom stereocenters. The molecule has 0 aliphatic heterocycles. The van der Waals surface area contributed by atoms with Gasteiger partial charge in [0.1, 0.15) is 0 Å². The van der Waals surface area contributed by atoms with Gasteiger partial charge in [-0.1, -0.05) is 13.8 Å². The van der Waals surface area contributed by atoms with E-state index in [1.54, 1.807) is 0 Å². The van der Waals surface area contributed by atoms with Crippen molar-refractivity contribution < 1.29 is 22.8 Å². The average molecular weight is 382 g/mol. The monoisotopic (exact) mass is 381 g/mol. The van der Waals surface area contributed by atoms with Crippen LogP contribution in [0.25, 0.3) is 0 Å². The number of alkyl halides is 3. The molecule has 0 unspecified atom stereocenters. The van der Waals surface area contributed by atoms with Crippen molar-refractivity contribution in [2.75, 3.05) is 11.9 Å². The Hall–Kier alpha value is -1.80. The molecule has 1 aromatic rings. The highest BCUT2D eigenvalue weighted by molar-refractivity contribution is 5.91. The third kappa shape index (κ3) is 8.74. The van der Waals surface area contributed by atoms with E-state index in [-0.39, 0.29) is 55.0 Å². The third-order valence-corrected chi connectivity index (χ3v) is 3.11. The zero-order valence-corrected chi connectivity index (χ0v) is 14.9. The number of halogens is 4. The van der Waals surface area contributed by atoms with Crippen LogP contribution in [0.4, 0.5) is 18.9 Å². The molecule has 0 spiro atoms. The van der Waals surface area contributed by atoms with Gasteiger partial charge < -0.3 is 16.4 Å². The summed E-state index contributed by atoms with van der Waals surface area (Å²) in [6.07, 6.45) is -4.19. The van der Waals surface area contributed by atoms with Crippen molar-refractivity contribution >= 4 is 29.9 Å². The molecule has 0 aromatic heterocycles. The van der Waals surface area contributed by atoms with Crippen LogP contribution in [0.3, 0.4) is 0 Å². The summed E-state index contributed by atoms with van der Waals surface area (Å²) in [6.45, 7) is 3.85. The zero-order valence-electron chi connectivity index (χ0n) is 14.1. The first kappa shape index (κ1) is 23.2. The fraction of sp³-hybridized carbons (Fsp3) is 0.500. The lowest BCUT2D eigenvalue weighted by Gasteiger charge is -2.13. The molecule has 0 saturated heterocycles. The predicted molar refractivity (Wildman–Crippen MR) is 92.3 cm³/mol. The van der Waals surface area contributed by atoms with E-state index < -0.39 is 17.6 Å². The Morgan fingerprint density at radius 1 is 1.16 bits per heavy atom. The highest BCUT2D eigenvalue weighted by Gasteiger charge is 2.31. The molecule has 142 valence electrons. The summed E-state index contributed by atoms with van der Waals surface area (Å²) in [5, 5.41) is 4.99. The summed E-state index contributed by atoms with van der Waals surface area (Å²) in [5.41, 5.74) is 4.82. The molecule has 2 amide bonds. The number of nitrogens with one attached hydrogen (secondary N) is 2. The van der Waals surface area contributed by atoms with Crippen molar-refractivity contribution in [1.82, 2.24) is 5.32 Å². The normalized spacial score (nSPS) is 11.0. The van der Waals surface area contributed by atoms with E-state index in [1.807, 2.05) is 13.8 Å². The van der Waals surface area contributed by atoms with Crippen LogP contribution < -0.4 is 16.4 Å². The van der Waals surface area contributed by atoms with Gasteiger partial charge in [-0.3, -0.25) is 9.59 Å². The number of rotatable bonds is 7. The highest BCUT2D eigenvalue weighted by atomic mass is 35.5. The van der Waals surface area contributed by atoms with Gasteiger partial charge in [-0.05, 0) is 29.7 Å². The number of nitrogens with two attached hydrogens (primary N) is 1. The van der Waals surface area contributed by atoms with Crippen LogP contribution in [0, 0.1) is 5.92 Å². The summed E-state index contributed by atoms with van der Waals surface area (Å²) in [7, 11) is 0. The maximum absolute atomic E-state index is 12.8. The molecule has 5 nitrogen and oxygen atoms in total. The molecule has 0 bridgehead atoms. The van der Waals surface area contributed by atoms with Crippen LogP contribution in [0.1, 0.15) is 37.8 Å². The molecular formula is C16H23ClF3N3O2. The van der Waals surface area contributed by atoms with E-state index in [1.165, 1.54) is 6.07 Å². The van der Waals surface area contributed by atoms with Gasteiger partial charge >= 0.3 is 6.18 Å². The summed E-state index contributed by atoms with van der Waals surface area (Å²) in [5.74, 6) is -0.442. The van der Waals surface area contributed by atoms with Crippen molar-refractivity contribution in [2.45, 2.75) is 39.4 Å². The fourth-order valence-electron chi connectivity index (χ4n) is 2.03. The van der Waals surface area contributed by atoms with Crippen LogP contribution in [-0.2, 0) is 22.3 Å². The van der Waals surface area contributed by atoms with Crippen molar-refractivity contribution in [2.24, 2.45) is 11.7 Å². The lowest BCUT2D eigenvalue weighted by Crippen LogP contribution is -2.28. The van der Waals surface area contributed by atoms with E-state index in [0.717, 1.165) is 12.1 Å². The lowest BCUT2D eigenvalue weighted by molar-refractivity contribution is -0.137. The Morgan fingerprint density at radius 2 is 1.80 bits per heavy atom. The largest absolute Gasteiger partial charge is 0.416 e. The smallest absolute Gasteiger partial charge is 0.356 e. The minimum atomic E-state index is -4.52. The number of anilines is 1. The average Bonchev–Trinajstić information content (AvgIpc) is 2.45. The van der Waals surface area contributed by atoms with Crippen LogP contribution in [0.2, 0.25) is 0 Å². The SMILES string of the molecule is CC(C)CC(=O)NCCC(=O)Nc1cc(CN)cc(C(F)(F)F)c1.Cl. The fourth-order valence-corrected chi connectivity index (χ4v) is 2.03. The number of carbonyl (C=O) groups is 2. The second-order valence-corrected chi connectivity index (χ2v) is 5.87. The molecule has 0 heterocycles. The summed E-state index contributed by atoms with van der Waals surface area (Å²) in [4.78, 5) is 23.3. The second kappa shape index (κ2) is 10.2. The van der Waals surface area contributed by atoms with E-state index in [2.05, 4.69) is 10.6 Å².